The molecule has 0 rings (SSSR count). The second kappa shape index (κ2) is 5.05. The van der Waals surface area contributed by atoms with Crippen LogP contribution in [0.5, 0.6) is 0 Å². The van der Waals surface area contributed by atoms with Gasteiger partial charge in [-0.2, -0.15) is 0 Å². The molecule has 14 heavy (non-hydrogen) atoms. The van der Waals surface area contributed by atoms with Gasteiger partial charge in [-0.3, -0.25) is 15.3 Å². The van der Waals surface area contributed by atoms with Crippen molar-refractivity contribution >= 4 is 11.7 Å². The number of carbonyl (C=O) groups excluding carboxylic acids is 2. The maximum atomic E-state index is 13.4. The van der Waals surface area contributed by atoms with Crippen molar-refractivity contribution in [1.82, 2.24) is 0 Å². The summed E-state index contributed by atoms with van der Waals surface area (Å²) in [5.74, 6) is -5.32. The Labute approximate surface area is 82.8 Å². The third kappa shape index (κ3) is 3.83. The molecule has 0 aliphatic carbocycles. The molecular formula is C9H17FN2O2. The lowest BCUT2D eigenvalue weighted by atomic mass is 9.93. The van der Waals surface area contributed by atoms with Crippen LogP contribution < -0.4 is 11.5 Å². The van der Waals surface area contributed by atoms with E-state index in [1.54, 1.807) is 6.92 Å². The number of nitrogens with two attached hydrogens (primary N) is 2. The molecule has 0 saturated heterocycles. The number of amides is 1. The number of rotatable bonds is 6. The standard InChI is InChI=1S/C9H17FN2O2/c1-3-4-6(2)5-9(10,12)7(13)8(11)14/h6H,3-5,12H2,1-2H3,(H2,11,14). The summed E-state index contributed by atoms with van der Waals surface area (Å²) in [5, 5.41) is 0. The lowest BCUT2D eigenvalue weighted by Gasteiger charge is -2.20. The number of ketones is 1. The normalized spacial score (nSPS) is 17.1. The van der Waals surface area contributed by atoms with Gasteiger partial charge in [0.2, 0.25) is 5.79 Å². The zero-order valence-corrected chi connectivity index (χ0v) is 8.55. The van der Waals surface area contributed by atoms with Crippen LogP contribution in [0.3, 0.4) is 0 Å². The predicted octanol–water partition coefficient (Wildman–Crippen LogP) is 0.492. The van der Waals surface area contributed by atoms with Gasteiger partial charge in [0.05, 0.1) is 0 Å². The Hall–Kier alpha value is -0.970. The summed E-state index contributed by atoms with van der Waals surface area (Å²) >= 11 is 0. The van der Waals surface area contributed by atoms with Gasteiger partial charge in [-0.1, -0.05) is 26.7 Å². The molecule has 0 spiro atoms. The van der Waals surface area contributed by atoms with Gasteiger partial charge in [-0.15, -0.1) is 0 Å². The van der Waals surface area contributed by atoms with Crippen molar-refractivity contribution < 1.29 is 14.0 Å². The monoisotopic (exact) mass is 204 g/mol. The van der Waals surface area contributed by atoms with Gasteiger partial charge >= 0.3 is 0 Å². The molecule has 2 atom stereocenters. The molecule has 1 amide bonds. The highest BCUT2D eigenvalue weighted by atomic mass is 19.1. The number of hydrogen-bond acceptors (Lipinski definition) is 3. The van der Waals surface area contributed by atoms with E-state index in [0.29, 0.717) is 0 Å². The maximum absolute atomic E-state index is 13.4. The summed E-state index contributed by atoms with van der Waals surface area (Å²) < 4.78 is 13.4. The van der Waals surface area contributed by atoms with Crippen LogP contribution >= 0.6 is 0 Å². The topological polar surface area (TPSA) is 86.2 Å². The van der Waals surface area contributed by atoms with Crippen molar-refractivity contribution in [3.63, 3.8) is 0 Å². The second-order valence-electron chi connectivity index (χ2n) is 3.65. The summed E-state index contributed by atoms with van der Waals surface area (Å²) in [7, 11) is 0. The maximum Gasteiger partial charge on any atom is 0.289 e. The third-order valence-corrected chi connectivity index (χ3v) is 2.03. The fraction of sp³-hybridized carbons (Fsp3) is 0.778. The van der Waals surface area contributed by atoms with E-state index >= 15 is 0 Å². The van der Waals surface area contributed by atoms with Crippen LogP contribution in [0.15, 0.2) is 0 Å². The van der Waals surface area contributed by atoms with Gasteiger partial charge in [0.15, 0.2) is 0 Å². The Kier molecular flexibility index (Phi) is 4.70. The van der Waals surface area contributed by atoms with Crippen LogP contribution in [0.1, 0.15) is 33.1 Å². The van der Waals surface area contributed by atoms with Crippen LogP contribution in [0.2, 0.25) is 0 Å². The number of halogens is 1. The average molecular weight is 204 g/mol. The molecule has 0 aliphatic heterocycles. The zero-order valence-electron chi connectivity index (χ0n) is 8.55. The van der Waals surface area contributed by atoms with E-state index < -0.39 is 17.5 Å². The molecule has 0 saturated carbocycles. The molecule has 0 aromatic carbocycles. The van der Waals surface area contributed by atoms with Crippen molar-refractivity contribution in [2.45, 2.75) is 38.9 Å². The van der Waals surface area contributed by atoms with Crippen LogP contribution in [0.4, 0.5) is 4.39 Å². The molecule has 4 nitrogen and oxygen atoms in total. The van der Waals surface area contributed by atoms with E-state index in [4.69, 9.17) is 5.73 Å². The zero-order chi connectivity index (χ0) is 11.4. The smallest absolute Gasteiger partial charge is 0.289 e. The Morgan fingerprint density at radius 3 is 2.36 bits per heavy atom. The first kappa shape index (κ1) is 13.0. The van der Waals surface area contributed by atoms with E-state index in [1.807, 2.05) is 6.92 Å². The van der Waals surface area contributed by atoms with Gasteiger partial charge < -0.3 is 5.73 Å². The minimum absolute atomic E-state index is 0.0432. The molecule has 82 valence electrons. The average Bonchev–Trinajstić information content (AvgIpc) is 2.02. The summed E-state index contributed by atoms with van der Waals surface area (Å²) in [6.07, 6.45) is 1.47. The molecule has 2 unspecified atom stereocenters. The lowest BCUT2D eigenvalue weighted by Crippen LogP contribution is -2.50. The second-order valence-corrected chi connectivity index (χ2v) is 3.65. The quantitative estimate of drug-likeness (QED) is 0.487. The van der Waals surface area contributed by atoms with Crippen LogP contribution in [-0.4, -0.2) is 17.5 Å². The summed E-state index contributed by atoms with van der Waals surface area (Å²) in [4.78, 5) is 21.4. The number of primary amides is 1. The molecule has 0 aromatic heterocycles. The minimum Gasteiger partial charge on any atom is -0.363 e. The van der Waals surface area contributed by atoms with Gasteiger partial charge in [-0.25, -0.2) is 4.39 Å². The van der Waals surface area contributed by atoms with Gasteiger partial charge in [-0.05, 0) is 5.92 Å². The molecule has 5 heteroatoms. The lowest BCUT2D eigenvalue weighted by molar-refractivity contribution is -0.144. The van der Waals surface area contributed by atoms with Crippen molar-refractivity contribution in [2.75, 3.05) is 0 Å². The van der Waals surface area contributed by atoms with Crippen molar-refractivity contribution in [1.29, 1.82) is 0 Å². The van der Waals surface area contributed by atoms with Crippen molar-refractivity contribution in [2.24, 2.45) is 17.4 Å². The Morgan fingerprint density at radius 1 is 1.50 bits per heavy atom. The largest absolute Gasteiger partial charge is 0.363 e. The Morgan fingerprint density at radius 2 is 2.00 bits per heavy atom. The van der Waals surface area contributed by atoms with Crippen LogP contribution in [0, 0.1) is 5.92 Å². The van der Waals surface area contributed by atoms with Crippen molar-refractivity contribution in [3.8, 4) is 0 Å². The van der Waals surface area contributed by atoms with Crippen LogP contribution in [0.25, 0.3) is 0 Å². The van der Waals surface area contributed by atoms with E-state index in [-0.39, 0.29) is 12.3 Å². The molecule has 0 aromatic rings. The predicted molar refractivity (Wildman–Crippen MR) is 50.9 cm³/mol. The SMILES string of the molecule is CCCC(C)CC(N)(F)C(=O)C(N)=O. The van der Waals surface area contributed by atoms with E-state index in [2.05, 4.69) is 5.73 Å². The number of carbonyl (C=O) groups is 2. The first-order valence-electron chi connectivity index (χ1n) is 4.63. The molecule has 4 N–H and O–H groups in total. The fourth-order valence-electron chi connectivity index (χ4n) is 1.40. The molecule has 0 heterocycles. The van der Waals surface area contributed by atoms with Gasteiger partial charge in [0.1, 0.15) is 0 Å². The number of hydrogen-bond donors (Lipinski definition) is 2. The summed E-state index contributed by atoms with van der Waals surface area (Å²) in [6.45, 7) is 3.72. The highest BCUT2D eigenvalue weighted by Gasteiger charge is 2.38. The first-order valence-corrected chi connectivity index (χ1v) is 4.63. The van der Waals surface area contributed by atoms with E-state index in [1.165, 1.54) is 0 Å². The van der Waals surface area contributed by atoms with E-state index in [9.17, 15) is 14.0 Å². The summed E-state index contributed by atoms with van der Waals surface area (Å²) in [5.41, 5.74) is 9.74. The van der Waals surface area contributed by atoms with Crippen LogP contribution in [-0.2, 0) is 9.59 Å². The molecule has 0 bridgehead atoms. The number of Topliss-reactive ketones (excluding diaryl/α,β-unsaturated/α-hetero) is 1. The molecule has 0 radical (unpaired) electrons. The Bertz CT molecular complexity index is 229. The fourth-order valence-corrected chi connectivity index (χ4v) is 1.40. The molecular weight excluding hydrogens is 187 g/mol. The molecule has 0 aliphatic rings. The van der Waals surface area contributed by atoms with Gasteiger partial charge in [0, 0.05) is 6.42 Å². The van der Waals surface area contributed by atoms with Gasteiger partial charge in [0.25, 0.3) is 11.7 Å². The highest BCUT2D eigenvalue weighted by Crippen LogP contribution is 2.20. The Balaban J connectivity index is 4.32. The van der Waals surface area contributed by atoms with Crippen molar-refractivity contribution in [3.05, 3.63) is 0 Å². The highest BCUT2D eigenvalue weighted by molar-refractivity contribution is 6.38. The summed E-state index contributed by atoms with van der Waals surface area (Å²) in [6, 6.07) is 0. The third-order valence-electron chi connectivity index (χ3n) is 2.03. The molecule has 0 fully saturated rings. The van der Waals surface area contributed by atoms with E-state index in [0.717, 1.165) is 12.8 Å². The number of alkyl halides is 1. The minimum atomic E-state index is -2.61. The first-order chi connectivity index (χ1) is 6.31.